The maximum Gasteiger partial charge on any atom is 0.222 e. The molecule has 1 saturated heterocycles. The van der Waals surface area contributed by atoms with Crippen LogP contribution in [0.25, 0.3) is 0 Å². The van der Waals surface area contributed by atoms with E-state index in [9.17, 15) is 4.79 Å². The van der Waals surface area contributed by atoms with Gasteiger partial charge in [-0.2, -0.15) is 0 Å². The minimum atomic E-state index is 0.296. The average molecular weight is 281 g/mol. The van der Waals surface area contributed by atoms with E-state index in [1.54, 1.807) is 0 Å². The third kappa shape index (κ3) is 4.22. The lowest BCUT2D eigenvalue weighted by atomic mass is 10.2. The quantitative estimate of drug-likeness (QED) is 0.847. The predicted octanol–water partition coefficient (Wildman–Crippen LogP) is 2.78. The number of nitrogens with zero attached hydrogens (tertiary/aromatic N) is 2. The van der Waals surface area contributed by atoms with Gasteiger partial charge < -0.3 is 4.90 Å². The molecule has 4 heteroatoms. The van der Waals surface area contributed by atoms with Gasteiger partial charge in [-0.3, -0.25) is 9.69 Å². The van der Waals surface area contributed by atoms with Crippen LogP contribution in [0.5, 0.6) is 0 Å². The maximum absolute atomic E-state index is 11.8. The Balaban J connectivity index is 1.82. The zero-order chi connectivity index (χ0) is 13.7. The first-order chi connectivity index (χ1) is 9.19. The molecule has 0 saturated carbocycles. The van der Waals surface area contributed by atoms with Gasteiger partial charge in [-0.15, -0.1) is 0 Å². The highest BCUT2D eigenvalue weighted by Gasteiger charge is 2.20. The first kappa shape index (κ1) is 14.4. The monoisotopic (exact) mass is 280 g/mol. The second-order valence-corrected chi connectivity index (χ2v) is 5.47. The number of halogens is 1. The van der Waals surface area contributed by atoms with Crippen molar-refractivity contribution < 1.29 is 4.79 Å². The number of amides is 1. The fourth-order valence-electron chi connectivity index (χ4n) is 2.42. The molecule has 1 aromatic carbocycles. The molecule has 1 aliphatic heterocycles. The van der Waals surface area contributed by atoms with Crippen LogP contribution in [0.15, 0.2) is 24.3 Å². The van der Waals surface area contributed by atoms with Crippen LogP contribution >= 0.6 is 11.6 Å². The molecule has 3 nitrogen and oxygen atoms in total. The molecule has 1 fully saturated rings. The topological polar surface area (TPSA) is 23.6 Å². The lowest BCUT2D eigenvalue weighted by Crippen LogP contribution is -2.48. The summed E-state index contributed by atoms with van der Waals surface area (Å²) in [6.07, 6.45) is 1.61. The number of carbonyl (C=O) groups excluding carboxylic acids is 1. The molecule has 0 aromatic heterocycles. The van der Waals surface area contributed by atoms with E-state index < -0.39 is 0 Å². The van der Waals surface area contributed by atoms with Crippen LogP contribution in [0.4, 0.5) is 0 Å². The number of piperazine rings is 1. The first-order valence-electron chi connectivity index (χ1n) is 6.93. The fraction of sp³-hybridized carbons (Fsp3) is 0.533. The van der Waals surface area contributed by atoms with E-state index in [1.807, 2.05) is 30.0 Å². The van der Waals surface area contributed by atoms with Crippen molar-refractivity contribution in [3.05, 3.63) is 34.9 Å². The van der Waals surface area contributed by atoms with Gasteiger partial charge in [-0.25, -0.2) is 0 Å². The number of carbonyl (C=O) groups is 1. The van der Waals surface area contributed by atoms with E-state index >= 15 is 0 Å². The second-order valence-electron chi connectivity index (χ2n) is 5.04. The second kappa shape index (κ2) is 6.92. The van der Waals surface area contributed by atoms with Gasteiger partial charge in [0.15, 0.2) is 0 Å². The Morgan fingerprint density at radius 1 is 1.26 bits per heavy atom. The Morgan fingerprint density at radius 2 is 2.00 bits per heavy atom. The van der Waals surface area contributed by atoms with Gasteiger partial charge in [0.1, 0.15) is 0 Å². The third-order valence-corrected chi connectivity index (χ3v) is 3.72. The molecule has 104 valence electrons. The van der Waals surface area contributed by atoms with E-state index in [0.717, 1.165) is 44.2 Å². The predicted molar refractivity (Wildman–Crippen MR) is 78.2 cm³/mol. The van der Waals surface area contributed by atoms with Crippen molar-refractivity contribution >= 4 is 17.5 Å². The molecule has 19 heavy (non-hydrogen) atoms. The summed E-state index contributed by atoms with van der Waals surface area (Å²) in [5.41, 5.74) is 1.24. The van der Waals surface area contributed by atoms with Crippen LogP contribution < -0.4 is 0 Å². The molecule has 0 spiro atoms. The molecular weight excluding hydrogens is 260 g/mol. The Morgan fingerprint density at radius 3 is 2.63 bits per heavy atom. The number of rotatable bonds is 4. The van der Waals surface area contributed by atoms with Crippen LogP contribution in [0.2, 0.25) is 5.02 Å². The Kier molecular flexibility index (Phi) is 5.23. The zero-order valence-electron chi connectivity index (χ0n) is 11.4. The maximum atomic E-state index is 11.8. The lowest BCUT2D eigenvalue weighted by Gasteiger charge is -2.34. The Labute approximate surface area is 120 Å². The lowest BCUT2D eigenvalue weighted by molar-refractivity contribution is -0.133. The van der Waals surface area contributed by atoms with Crippen molar-refractivity contribution in [1.82, 2.24) is 9.80 Å². The van der Waals surface area contributed by atoms with Crippen LogP contribution in [-0.4, -0.2) is 41.9 Å². The van der Waals surface area contributed by atoms with E-state index in [1.165, 1.54) is 5.56 Å². The normalized spacial score (nSPS) is 16.6. The van der Waals surface area contributed by atoms with Gasteiger partial charge in [0.25, 0.3) is 0 Å². The SMILES string of the molecule is CCCC(=O)N1CCN(Cc2cccc(Cl)c2)CC1. The minimum absolute atomic E-state index is 0.296. The molecule has 0 unspecified atom stereocenters. The van der Waals surface area contributed by atoms with Crippen LogP contribution in [-0.2, 0) is 11.3 Å². The standard InChI is InChI=1S/C15H21ClN2O/c1-2-4-15(19)18-9-7-17(8-10-18)12-13-5-3-6-14(16)11-13/h3,5-6,11H,2,4,7-10,12H2,1H3. The van der Waals surface area contributed by atoms with Crippen molar-refractivity contribution in [1.29, 1.82) is 0 Å². The van der Waals surface area contributed by atoms with Crippen molar-refractivity contribution in [2.75, 3.05) is 26.2 Å². The minimum Gasteiger partial charge on any atom is -0.340 e. The summed E-state index contributed by atoms with van der Waals surface area (Å²) in [6, 6.07) is 7.99. The number of benzene rings is 1. The van der Waals surface area contributed by atoms with Gasteiger partial charge in [0.05, 0.1) is 0 Å². The highest BCUT2D eigenvalue weighted by atomic mass is 35.5. The van der Waals surface area contributed by atoms with Crippen molar-refractivity contribution in [2.24, 2.45) is 0 Å². The van der Waals surface area contributed by atoms with Gasteiger partial charge in [-0.1, -0.05) is 30.7 Å². The summed E-state index contributed by atoms with van der Waals surface area (Å²) in [5, 5.41) is 0.786. The summed E-state index contributed by atoms with van der Waals surface area (Å²) in [5.74, 6) is 0.296. The highest BCUT2D eigenvalue weighted by Crippen LogP contribution is 2.14. The van der Waals surface area contributed by atoms with Crippen LogP contribution in [0.1, 0.15) is 25.3 Å². The van der Waals surface area contributed by atoms with Gasteiger partial charge in [-0.05, 0) is 24.1 Å². The molecule has 0 aliphatic carbocycles. The van der Waals surface area contributed by atoms with Gasteiger partial charge >= 0.3 is 0 Å². The summed E-state index contributed by atoms with van der Waals surface area (Å²) < 4.78 is 0. The summed E-state index contributed by atoms with van der Waals surface area (Å²) in [7, 11) is 0. The van der Waals surface area contributed by atoms with Crippen molar-refractivity contribution in [3.63, 3.8) is 0 Å². The Hall–Kier alpha value is -1.06. The number of hydrogen-bond donors (Lipinski definition) is 0. The average Bonchev–Trinajstić information content (AvgIpc) is 2.40. The van der Waals surface area contributed by atoms with Gasteiger partial charge in [0.2, 0.25) is 5.91 Å². The Bertz CT molecular complexity index is 428. The molecule has 1 heterocycles. The van der Waals surface area contributed by atoms with E-state index in [4.69, 9.17) is 11.6 Å². The molecule has 1 aromatic rings. The largest absolute Gasteiger partial charge is 0.340 e. The van der Waals surface area contributed by atoms with Crippen molar-refractivity contribution in [3.8, 4) is 0 Å². The molecule has 0 radical (unpaired) electrons. The van der Waals surface area contributed by atoms with E-state index in [2.05, 4.69) is 11.0 Å². The van der Waals surface area contributed by atoms with Crippen LogP contribution in [0.3, 0.4) is 0 Å². The molecule has 0 atom stereocenters. The highest BCUT2D eigenvalue weighted by molar-refractivity contribution is 6.30. The van der Waals surface area contributed by atoms with E-state index in [0.29, 0.717) is 12.3 Å². The summed E-state index contributed by atoms with van der Waals surface area (Å²) in [4.78, 5) is 16.2. The molecule has 1 amide bonds. The molecule has 0 N–H and O–H groups in total. The molecule has 0 bridgehead atoms. The third-order valence-electron chi connectivity index (χ3n) is 3.48. The fourth-order valence-corrected chi connectivity index (χ4v) is 2.63. The van der Waals surface area contributed by atoms with E-state index in [-0.39, 0.29) is 0 Å². The van der Waals surface area contributed by atoms with Gasteiger partial charge in [0, 0.05) is 44.2 Å². The molecule has 1 aliphatic rings. The summed E-state index contributed by atoms with van der Waals surface area (Å²) >= 11 is 5.99. The summed E-state index contributed by atoms with van der Waals surface area (Å²) in [6.45, 7) is 6.55. The smallest absolute Gasteiger partial charge is 0.222 e. The zero-order valence-corrected chi connectivity index (χ0v) is 12.2. The van der Waals surface area contributed by atoms with Crippen molar-refractivity contribution in [2.45, 2.75) is 26.3 Å². The van der Waals surface area contributed by atoms with Crippen LogP contribution in [0, 0.1) is 0 Å². The molecular formula is C15H21ClN2O. The number of hydrogen-bond acceptors (Lipinski definition) is 2. The molecule has 2 rings (SSSR count). The first-order valence-corrected chi connectivity index (χ1v) is 7.31.